The minimum atomic E-state index is -5.12. The van der Waals surface area contributed by atoms with Crippen LogP contribution in [0.3, 0.4) is 0 Å². The summed E-state index contributed by atoms with van der Waals surface area (Å²) in [5.74, 6) is -1.57. The summed E-state index contributed by atoms with van der Waals surface area (Å²) in [6.07, 6.45) is 17.4. The van der Waals surface area contributed by atoms with Gasteiger partial charge >= 0.3 is 6.36 Å². The van der Waals surface area contributed by atoms with Crippen LogP contribution in [-0.2, 0) is 0 Å². The standard InChI is InChI=1S/C29H41F5O/c1-2-3-4-5-6-7-8-21-9-11-22(12-10-21)13-14-23-15-17-24(18-16-23)25-19-26(30)28(27(31)20-25)35-29(32,33)34/h3-4,19-24H,2,5-18H2,1H3. The third-order valence-electron chi connectivity index (χ3n) is 8.14. The van der Waals surface area contributed by atoms with Gasteiger partial charge in [0.1, 0.15) is 0 Å². The van der Waals surface area contributed by atoms with Crippen LogP contribution in [0.25, 0.3) is 0 Å². The van der Waals surface area contributed by atoms with Crippen LogP contribution < -0.4 is 4.74 Å². The molecule has 0 spiro atoms. The third-order valence-corrected chi connectivity index (χ3v) is 8.14. The van der Waals surface area contributed by atoms with Crippen molar-refractivity contribution in [2.24, 2.45) is 17.8 Å². The van der Waals surface area contributed by atoms with E-state index in [0.717, 1.165) is 56.1 Å². The van der Waals surface area contributed by atoms with Gasteiger partial charge in [-0.3, -0.25) is 0 Å². The first-order chi connectivity index (χ1) is 16.7. The van der Waals surface area contributed by atoms with E-state index in [4.69, 9.17) is 0 Å². The first-order valence-electron chi connectivity index (χ1n) is 13.6. The number of halogens is 5. The highest BCUT2D eigenvalue weighted by Crippen LogP contribution is 2.41. The van der Waals surface area contributed by atoms with Gasteiger partial charge in [0, 0.05) is 0 Å². The molecule has 0 aromatic heterocycles. The fourth-order valence-electron chi connectivity index (χ4n) is 6.07. The summed E-state index contributed by atoms with van der Waals surface area (Å²) in [5.41, 5.74) is 0.438. The molecule has 0 amide bonds. The van der Waals surface area contributed by atoms with Crippen LogP contribution in [0.2, 0.25) is 0 Å². The second-order valence-corrected chi connectivity index (χ2v) is 10.7. The average Bonchev–Trinajstić information content (AvgIpc) is 2.82. The van der Waals surface area contributed by atoms with E-state index in [9.17, 15) is 22.0 Å². The predicted octanol–water partition coefficient (Wildman–Crippen LogP) is 10.3. The molecular formula is C29H41F5O. The average molecular weight is 501 g/mol. The Bertz CT molecular complexity index is 764. The number of allylic oxidation sites excluding steroid dienone is 2. The van der Waals surface area contributed by atoms with E-state index in [2.05, 4.69) is 23.8 Å². The SMILES string of the molecule is CCC=CCCCCC1CCC(CCC2CCC(c3cc(F)c(OC(F)(F)F)c(F)c3)CC2)CC1. The van der Waals surface area contributed by atoms with E-state index >= 15 is 0 Å². The summed E-state index contributed by atoms with van der Waals surface area (Å²) in [6.45, 7) is 2.17. The van der Waals surface area contributed by atoms with Gasteiger partial charge in [0.2, 0.25) is 5.75 Å². The van der Waals surface area contributed by atoms with Gasteiger partial charge in [-0.05, 0) is 86.3 Å². The van der Waals surface area contributed by atoms with Crippen LogP contribution in [0.4, 0.5) is 22.0 Å². The zero-order valence-electron chi connectivity index (χ0n) is 21.0. The Hall–Kier alpha value is -1.59. The lowest BCUT2D eigenvalue weighted by molar-refractivity contribution is -0.276. The molecule has 0 aliphatic heterocycles. The predicted molar refractivity (Wildman–Crippen MR) is 130 cm³/mol. The van der Waals surface area contributed by atoms with Crippen LogP contribution in [0.1, 0.15) is 115 Å². The lowest BCUT2D eigenvalue weighted by Gasteiger charge is -2.32. The largest absolute Gasteiger partial charge is 0.573 e. The van der Waals surface area contributed by atoms with Crippen molar-refractivity contribution in [1.82, 2.24) is 0 Å². The fraction of sp³-hybridized carbons (Fsp3) is 0.724. The molecule has 0 bridgehead atoms. The summed E-state index contributed by atoms with van der Waals surface area (Å²) in [5, 5.41) is 0. The topological polar surface area (TPSA) is 9.23 Å². The smallest absolute Gasteiger partial charge is 0.399 e. The van der Waals surface area contributed by atoms with Crippen molar-refractivity contribution in [1.29, 1.82) is 0 Å². The summed E-state index contributed by atoms with van der Waals surface area (Å²) >= 11 is 0. The molecule has 1 aromatic carbocycles. The lowest BCUT2D eigenvalue weighted by atomic mass is 9.74. The monoisotopic (exact) mass is 500 g/mol. The van der Waals surface area contributed by atoms with Gasteiger partial charge in [0.05, 0.1) is 0 Å². The van der Waals surface area contributed by atoms with Crippen molar-refractivity contribution in [2.45, 2.75) is 116 Å². The molecule has 1 aromatic rings. The molecule has 2 saturated carbocycles. The Morgan fingerprint density at radius 3 is 1.80 bits per heavy atom. The molecule has 6 heteroatoms. The molecule has 2 fully saturated rings. The van der Waals surface area contributed by atoms with Gasteiger partial charge in [-0.1, -0.05) is 70.4 Å². The third kappa shape index (κ3) is 9.42. The molecule has 2 aliphatic rings. The van der Waals surface area contributed by atoms with Gasteiger partial charge in [-0.25, -0.2) is 8.78 Å². The second-order valence-electron chi connectivity index (χ2n) is 10.7. The van der Waals surface area contributed by atoms with Gasteiger partial charge in [0.15, 0.2) is 11.6 Å². The first kappa shape index (κ1) is 28.0. The van der Waals surface area contributed by atoms with E-state index in [1.807, 2.05) is 0 Å². The molecule has 0 radical (unpaired) electrons. The highest BCUT2D eigenvalue weighted by molar-refractivity contribution is 5.33. The molecule has 198 valence electrons. The van der Waals surface area contributed by atoms with Crippen LogP contribution >= 0.6 is 0 Å². The van der Waals surface area contributed by atoms with Gasteiger partial charge in [-0.2, -0.15) is 0 Å². The summed E-state index contributed by atoms with van der Waals surface area (Å²) in [6, 6.07) is 2.02. The molecule has 0 heterocycles. The highest BCUT2D eigenvalue weighted by atomic mass is 19.4. The van der Waals surface area contributed by atoms with Crippen molar-refractivity contribution < 1.29 is 26.7 Å². The number of hydrogen-bond acceptors (Lipinski definition) is 1. The number of rotatable bonds is 11. The Morgan fingerprint density at radius 2 is 1.29 bits per heavy atom. The lowest BCUT2D eigenvalue weighted by Crippen LogP contribution is -2.20. The number of hydrogen-bond donors (Lipinski definition) is 0. The number of ether oxygens (including phenoxy) is 1. The Balaban J connectivity index is 1.34. The minimum Gasteiger partial charge on any atom is -0.399 e. The fourth-order valence-corrected chi connectivity index (χ4v) is 6.07. The Labute approximate surface area is 207 Å². The number of alkyl halides is 3. The van der Waals surface area contributed by atoms with Crippen molar-refractivity contribution in [3.63, 3.8) is 0 Å². The van der Waals surface area contributed by atoms with Crippen LogP contribution in [0, 0.1) is 29.4 Å². The van der Waals surface area contributed by atoms with Crippen LogP contribution in [0.15, 0.2) is 24.3 Å². The quantitative estimate of drug-likeness (QED) is 0.167. The van der Waals surface area contributed by atoms with Crippen molar-refractivity contribution in [3.05, 3.63) is 41.5 Å². The first-order valence-corrected chi connectivity index (χ1v) is 13.6. The molecule has 1 nitrogen and oxygen atoms in total. The number of unbranched alkanes of at least 4 members (excludes halogenated alkanes) is 2. The van der Waals surface area contributed by atoms with Crippen molar-refractivity contribution >= 4 is 0 Å². The van der Waals surface area contributed by atoms with E-state index < -0.39 is 23.7 Å². The van der Waals surface area contributed by atoms with E-state index in [-0.39, 0.29) is 5.92 Å². The molecule has 35 heavy (non-hydrogen) atoms. The zero-order valence-corrected chi connectivity index (χ0v) is 21.0. The molecular weight excluding hydrogens is 459 g/mol. The normalized spacial score (nSPS) is 25.8. The minimum absolute atomic E-state index is 0.0110. The summed E-state index contributed by atoms with van der Waals surface area (Å²) in [7, 11) is 0. The van der Waals surface area contributed by atoms with Gasteiger partial charge in [-0.15, -0.1) is 13.2 Å². The number of benzene rings is 1. The molecule has 2 aliphatic carbocycles. The van der Waals surface area contributed by atoms with E-state index in [1.165, 1.54) is 64.2 Å². The van der Waals surface area contributed by atoms with E-state index in [1.54, 1.807) is 0 Å². The van der Waals surface area contributed by atoms with Gasteiger partial charge in [0.25, 0.3) is 0 Å². The Morgan fingerprint density at radius 1 is 0.771 bits per heavy atom. The maximum atomic E-state index is 14.1. The second kappa shape index (κ2) is 13.6. The van der Waals surface area contributed by atoms with Crippen LogP contribution in [-0.4, -0.2) is 6.36 Å². The maximum absolute atomic E-state index is 14.1. The molecule has 0 atom stereocenters. The molecule has 0 N–H and O–H groups in total. The summed E-state index contributed by atoms with van der Waals surface area (Å²) < 4.78 is 68.8. The van der Waals surface area contributed by atoms with Gasteiger partial charge < -0.3 is 4.74 Å². The Kier molecular flexibility index (Phi) is 10.9. The van der Waals surface area contributed by atoms with Crippen molar-refractivity contribution in [2.75, 3.05) is 0 Å². The zero-order chi connectivity index (χ0) is 25.3. The maximum Gasteiger partial charge on any atom is 0.573 e. The molecule has 0 saturated heterocycles. The summed E-state index contributed by atoms with van der Waals surface area (Å²) in [4.78, 5) is 0. The molecule has 0 unspecified atom stereocenters. The molecule has 3 rings (SSSR count). The van der Waals surface area contributed by atoms with E-state index in [0.29, 0.717) is 11.5 Å². The van der Waals surface area contributed by atoms with Crippen LogP contribution in [0.5, 0.6) is 5.75 Å². The highest BCUT2D eigenvalue weighted by Gasteiger charge is 2.35. The van der Waals surface area contributed by atoms with Crippen molar-refractivity contribution in [3.8, 4) is 5.75 Å².